The third-order valence-corrected chi connectivity index (χ3v) is 3.78. The molecule has 1 aromatic heterocycles. The molecule has 0 aliphatic rings. The zero-order valence-electron chi connectivity index (χ0n) is 9.90. The smallest absolute Gasteiger partial charge is 0.113 e. The van der Waals surface area contributed by atoms with Crippen LogP contribution in [0.3, 0.4) is 0 Å². The molecule has 1 N–H and O–H groups in total. The van der Waals surface area contributed by atoms with E-state index in [1.54, 1.807) is 6.20 Å². The third-order valence-electron chi connectivity index (χ3n) is 2.66. The topological polar surface area (TPSA) is 24.9 Å². The van der Waals surface area contributed by atoms with E-state index < -0.39 is 0 Å². The Kier molecular flexibility index (Phi) is 4.15. The molecule has 0 amide bonds. The van der Waals surface area contributed by atoms with E-state index in [0.717, 1.165) is 15.9 Å². The van der Waals surface area contributed by atoms with Crippen molar-refractivity contribution in [2.75, 3.05) is 0 Å². The number of nitrogens with one attached hydrogen (secondary N) is 1. The first-order valence-corrected chi connectivity index (χ1v) is 6.75. The van der Waals surface area contributed by atoms with Crippen LogP contribution in [0.2, 0.25) is 4.34 Å². The lowest BCUT2D eigenvalue weighted by atomic mass is 10.1. The van der Waals surface area contributed by atoms with Gasteiger partial charge in [0.05, 0.1) is 6.20 Å². The summed E-state index contributed by atoms with van der Waals surface area (Å²) in [5, 5.41) is 4.46. The average molecular weight is 267 g/mol. The van der Waals surface area contributed by atoms with E-state index in [4.69, 9.17) is 11.6 Å². The number of hydrogen-bond acceptors (Lipinski definition) is 3. The molecule has 0 spiro atoms. The van der Waals surface area contributed by atoms with Gasteiger partial charge in [0.2, 0.25) is 0 Å². The van der Waals surface area contributed by atoms with Gasteiger partial charge in [0, 0.05) is 12.6 Å². The van der Waals surface area contributed by atoms with E-state index in [-0.39, 0.29) is 0 Å². The van der Waals surface area contributed by atoms with Gasteiger partial charge in [-0.2, -0.15) is 0 Å². The number of aryl methyl sites for hydroxylation is 1. The van der Waals surface area contributed by atoms with E-state index in [1.807, 2.05) is 0 Å². The summed E-state index contributed by atoms with van der Waals surface area (Å²) in [5.41, 5.74) is 2.57. The highest BCUT2D eigenvalue weighted by atomic mass is 35.5. The number of halogens is 1. The Morgan fingerprint density at radius 3 is 2.65 bits per heavy atom. The Balaban J connectivity index is 1.93. The highest BCUT2D eigenvalue weighted by Gasteiger charge is 2.06. The van der Waals surface area contributed by atoms with E-state index in [1.165, 1.54) is 22.5 Å². The molecule has 2 aromatic rings. The summed E-state index contributed by atoms with van der Waals surface area (Å²) in [7, 11) is 0. The Morgan fingerprint density at radius 2 is 2.06 bits per heavy atom. The summed E-state index contributed by atoms with van der Waals surface area (Å²) >= 11 is 7.36. The number of hydrogen-bond donors (Lipinski definition) is 1. The first kappa shape index (κ1) is 12.6. The Hall–Kier alpha value is -0.900. The molecule has 0 fully saturated rings. The molecule has 4 heteroatoms. The van der Waals surface area contributed by atoms with E-state index >= 15 is 0 Å². The van der Waals surface area contributed by atoms with Crippen molar-refractivity contribution in [1.29, 1.82) is 0 Å². The lowest BCUT2D eigenvalue weighted by Crippen LogP contribution is -2.17. The molecule has 0 saturated heterocycles. The lowest BCUT2D eigenvalue weighted by molar-refractivity contribution is 0.573. The van der Waals surface area contributed by atoms with Crippen LogP contribution in [-0.4, -0.2) is 4.98 Å². The van der Waals surface area contributed by atoms with Crippen LogP contribution in [0.4, 0.5) is 0 Å². The molecule has 90 valence electrons. The molecule has 0 aliphatic heterocycles. The molecule has 0 radical (unpaired) electrons. The molecule has 0 saturated carbocycles. The summed E-state index contributed by atoms with van der Waals surface area (Å²) in [6.07, 6.45) is 1.69. The SMILES string of the molecule is Cc1ccc(C(C)NCc2ncc(Cl)s2)cc1. The average Bonchev–Trinajstić information content (AvgIpc) is 2.73. The van der Waals surface area contributed by atoms with Crippen LogP contribution < -0.4 is 5.32 Å². The number of aromatic nitrogens is 1. The molecule has 2 nitrogen and oxygen atoms in total. The standard InChI is InChI=1S/C13H15ClN2S/c1-9-3-5-11(6-4-9)10(2)15-8-13-16-7-12(14)17-13/h3-7,10,15H,8H2,1-2H3. The van der Waals surface area contributed by atoms with Crippen LogP contribution in [0.5, 0.6) is 0 Å². The van der Waals surface area contributed by atoms with Crippen molar-refractivity contribution in [1.82, 2.24) is 10.3 Å². The Bertz CT molecular complexity index is 478. The van der Waals surface area contributed by atoms with Gasteiger partial charge in [-0.3, -0.25) is 0 Å². The Morgan fingerprint density at radius 1 is 1.35 bits per heavy atom. The second-order valence-electron chi connectivity index (χ2n) is 4.07. The summed E-state index contributed by atoms with van der Waals surface area (Å²) < 4.78 is 0.741. The van der Waals surface area contributed by atoms with Crippen molar-refractivity contribution < 1.29 is 0 Å². The van der Waals surface area contributed by atoms with E-state index in [9.17, 15) is 0 Å². The molecule has 1 atom stereocenters. The normalized spacial score (nSPS) is 12.6. The minimum Gasteiger partial charge on any atom is -0.304 e. The molecule has 1 aromatic carbocycles. The second kappa shape index (κ2) is 5.63. The quantitative estimate of drug-likeness (QED) is 0.906. The van der Waals surface area contributed by atoms with E-state index in [0.29, 0.717) is 6.04 Å². The van der Waals surface area contributed by atoms with Gasteiger partial charge in [0.1, 0.15) is 9.34 Å². The second-order valence-corrected chi connectivity index (χ2v) is 5.82. The van der Waals surface area contributed by atoms with Crippen molar-refractivity contribution >= 4 is 22.9 Å². The number of nitrogens with zero attached hydrogens (tertiary/aromatic N) is 1. The fourth-order valence-corrected chi connectivity index (χ4v) is 2.49. The Labute approximate surface area is 111 Å². The molecule has 2 rings (SSSR count). The van der Waals surface area contributed by atoms with Crippen molar-refractivity contribution in [2.45, 2.75) is 26.4 Å². The summed E-state index contributed by atoms with van der Waals surface area (Å²) in [5.74, 6) is 0. The van der Waals surface area contributed by atoms with Gasteiger partial charge < -0.3 is 5.32 Å². The van der Waals surface area contributed by atoms with Gasteiger partial charge in [-0.25, -0.2) is 4.98 Å². The van der Waals surface area contributed by atoms with Gasteiger partial charge in [0.15, 0.2) is 0 Å². The number of benzene rings is 1. The first-order valence-electron chi connectivity index (χ1n) is 5.55. The van der Waals surface area contributed by atoms with Crippen LogP contribution >= 0.6 is 22.9 Å². The van der Waals surface area contributed by atoms with Crippen molar-refractivity contribution in [3.63, 3.8) is 0 Å². The van der Waals surface area contributed by atoms with Gasteiger partial charge in [-0.15, -0.1) is 11.3 Å². The minimum atomic E-state index is 0.318. The molecular formula is C13H15ClN2S. The highest BCUT2D eigenvalue weighted by Crippen LogP contribution is 2.19. The van der Waals surface area contributed by atoms with Crippen molar-refractivity contribution in [2.24, 2.45) is 0 Å². The van der Waals surface area contributed by atoms with Gasteiger partial charge in [0.25, 0.3) is 0 Å². The summed E-state index contributed by atoms with van der Waals surface area (Å²) in [6, 6.07) is 8.89. The molecule has 1 unspecified atom stereocenters. The molecule has 17 heavy (non-hydrogen) atoms. The van der Waals surface area contributed by atoms with Crippen LogP contribution in [0.15, 0.2) is 30.5 Å². The van der Waals surface area contributed by atoms with Crippen molar-refractivity contribution in [3.05, 3.63) is 50.9 Å². The monoisotopic (exact) mass is 266 g/mol. The summed E-state index contributed by atoms with van der Waals surface area (Å²) in [4.78, 5) is 4.22. The van der Waals surface area contributed by atoms with Crippen LogP contribution in [0.25, 0.3) is 0 Å². The maximum Gasteiger partial charge on any atom is 0.113 e. The van der Waals surface area contributed by atoms with Crippen LogP contribution in [-0.2, 0) is 6.54 Å². The van der Waals surface area contributed by atoms with Crippen LogP contribution in [0.1, 0.15) is 29.1 Å². The van der Waals surface area contributed by atoms with Crippen molar-refractivity contribution in [3.8, 4) is 0 Å². The third kappa shape index (κ3) is 3.53. The maximum absolute atomic E-state index is 5.84. The minimum absolute atomic E-state index is 0.318. The zero-order valence-corrected chi connectivity index (χ0v) is 11.5. The van der Waals surface area contributed by atoms with Gasteiger partial charge >= 0.3 is 0 Å². The predicted molar refractivity (Wildman–Crippen MR) is 73.6 cm³/mol. The van der Waals surface area contributed by atoms with Gasteiger partial charge in [-0.05, 0) is 19.4 Å². The molecule has 1 heterocycles. The lowest BCUT2D eigenvalue weighted by Gasteiger charge is -2.13. The first-order chi connectivity index (χ1) is 8.15. The molecular weight excluding hydrogens is 252 g/mol. The number of thiazole rings is 1. The maximum atomic E-state index is 5.84. The fourth-order valence-electron chi connectivity index (χ4n) is 1.58. The highest BCUT2D eigenvalue weighted by molar-refractivity contribution is 7.15. The van der Waals surface area contributed by atoms with Gasteiger partial charge in [-0.1, -0.05) is 41.4 Å². The predicted octanol–water partition coefficient (Wildman–Crippen LogP) is 3.96. The fraction of sp³-hybridized carbons (Fsp3) is 0.308. The summed E-state index contributed by atoms with van der Waals surface area (Å²) in [6.45, 7) is 5.01. The van der Waals surface area contributed by atoms with Crippen LogP contribution in [0, 0.1) is 6.92 Å². The zero-order chi connectivity index (χ0) is 12.3. The largest absolute Gasteiger partial charge is 0.304 e. The number of rotatable bonds is 4. The molecule has 0 bridgehead atoms. The molecule has 0 aliphatic carbocycles. The van der Waals surface area contributed by atoms with E-state index in [2.05, 4.69) is 48.4 Å².